The van der Waals surface area contributed by atoms with Crippen molar-refractivity contribution in [2.45, 2.75) is 25.8 Å². The number of hydrogen-bond acceptors (Lipinski definition) is 4. The Morgan fingerprint density at radius 2 is 2.10 bits per heavy atom. The van der Waals surface area contributed by atoms with Crippen LogP contribution in [0.3, 0.4) is 0 Å². The van der Waals surface area contributed by atoms with Gasteiger partial charge in [0.1, 0.15) is 0 Å². The molecule has 1 aliphatic rings. The molecule has 0 saturated carbocycles. The van der Waals surface area contributed by atoms with Crippen molar-refractivity contribution in [1.82, 2.24) is 19.4 Å². The number of H-pyrrole nitrogens is 1. The monoisotopic (exact) mass is 292 g/mol. The fourth-order valence-corrected chi connectivity index (χ4v) is 3.08. The molecule has 3 heterocycles. The average molecular weight is 292 g/mol. The molecule has 5 nitrogen and oxygen atoms in total. The minimum absolute atomic E-state index is 0.625. The Labute approximate surface area is 123 Å². The van der Waals surface area contributed by atoms with Crippen molar-refractivity contribution >= 4 is 23.4 Å². The van der Waals surface area contributed by atoms with Crippen molar-refractivity contribution in [2.24, 2.45) is 0 Å². The first-order valence-corrected chi connectivity index (χ1v) is 7.54. The van der Waals surface area contributed by atoms with Gasteiger partial charge in [-0.2, -0.15) is 4.98 Å². The molecule has 3 rings (SSSR count). The zero-order valence-electron chi connectivity index (χ0n) is 11.8. The molecule has 0 amide bonds. The highest BCUT2D eigenvalue weighted by Gasteiger charge is 2.12. The van der Waals surface area contributed by atoms with Crippen LogP contribution in [0.5, 0.6) is 5.88 Å². The Bertz CT molecular complexity index is 642. The van der Waals surface area contributed by atoms with E-state index in [9.17, 15) is 0 Å². The molecule has 1 saturated heterocycles. The van der Waals surface area contributed by atoms with Gasteiger partial charge in [-0.1, -0.05) is 0 Å². The van der Waals surface area contributed by atoms with E-state index < -0.39 is 0 Å². The molecule has 1 aliphatic heterocycles. The van der Waals surface area contributed by atoms with Crippen molar-refractivity contribution in [3.8, 4) is 5.88 Å². The van der Waals surface area contributed by atoms with Crippen LogP contribution in [0.25, 0.3) is 11.2 Å². The van der Waals surface area contributed by atoms with Crippen LogP contribution in [-0.2, 0) is 6.54 Å². The molecule has 0 unspecified atom stereocenters. The number of aromatic amines is 1. The minimum Gasteiger partial charge on any atom is -0.481 e. The zero-order valence-corrected chi connectivity index (χ0v) is 12.6. The van der Waals surface area contributed by atoms with Crippen LogP contribution in [0.15, 0.2) is 12.1 Å². The molecule has 0 spiro atoms. The van der Waals surface area contributed by atoms with E-state index in [-0.39, 0.29) is 0 Å². The molecule has 108 valence electrons. The average Bonchev–Trinajstić information content (AvgIpc) is 3.07. The van der Waals surface area contributed by atoms with E-state index in [1.54, 1.807) is 7.11 Å². The quantitative estimate of drug-likeness (QED) is 0.860. The number of nitrogens with one attached hydrogen (secondary N) is 1. The van der Waals surface area contributed by atoms with Crippen LogP contribution < -0.4 is 4.74 Å². The van der Waals surface area contributed by atoms with E-state index in [0.29, 0.717) is 5.88 Å². The highest BCUT2D eigenvalue weighted by molar-refractivity contribution is 7.71. The molecule has 20 heavy (non-hydrogen) atoms. The summed E-state index contributed by atoms with van der Waals surface area (Å²) in [7, 11) is 1.63. The number of methoxy groups -OCH3 is 1. The van der Waals surface area contributed by atoms with Gasteiger partial charge < -0.3 is 19.2 Å². The number of imidazole rings is 1. The van der Waals surface area contributed by atoms with Gasteiger partial charge in [-0.25, -0.2) is 0 Å². The summed E-state index contributed by atoms with van der Waals surface area (Å²) in [6.45, 7) is 4.52. The third-order valence-corrected chi connectivity index (χ3v) is 4.18. The number of rotatable bonds is 5. The molecule has 1 fully saturated rings. The third-order valence-electron chi connectivity index (χ3n) is 3.86. The van der Waals surface area contributed by atoms with Gasteiger partial charge in [0.25, 0.3) is 0 Å². The Morgan fingerprint density at radius 1 is 1.30 bits per heavy atom. The van der Waals surface area contributed by atoms with Crippen LogP contribution >= 0.6 is 12.2 Å². The minimum atomic E-state index is 0.625. The second-order valence-corrected chi connectivity index (χ2v) is 5.60. The molecule has 0 atom stereocenters. The highest BCUT2D eigenvalue weighted by Crippen LogP contribution is 2.17. The number of ether oxygens (including phenoxy) is 1. The molecule has 2 aromatic heterocycles. The predicted octanol–water partition coefficient (Wildman–Crippen LogP) is 2.59. The fourth-order valence-electron chi connectivity index (χ4n) is 2.79. The molecule has 0 bridgehead atoms. The number of hydrogen-bond donors (Lipinski definition) is 1. The topological polar surface area (TPSA) is 46.1 Å². The largest absolute Gasteiger partial charge is 0.481 e. The Morgan fingerprint density at radius 3 is 2.85 bits per heavy atom. The Hall–Kier alpha value is -1.40. The standard InChI is InChI=1S/C14H20N4OS/c1-19-12-6-5-11-13(16-12)18(14(20)15-11)10-4-9-17-7-2-3-8-17/h5-6H,2-4,7-10H2,1H3,(H,15,20). The maximum absolute atomic E-state index is 5.39. The van der Waals surface area contributed by atoms with Gasteiger partial charge in [-0.05, 0) is 57.2 Å². The number of likely N-dealkylation sites (tertiary alicyclic amines) is 1. The van der Waals surface area contributed by atoms with Gasteiger partial charge in [-0.15, -0.1) is 0 Å². The lowest BCUT2D eigenvalue weighted by atomic mass is 10.3. The van der Waals surface area contributed by atoms with Crippen LogP contribution in [0.1, 0.15) is 19.3 Å². The summed E-state index contributed by atoms with van der Waals surface area (Å²) < 4.78 is 8.00. The van der Waals surface area contributed by atoms with Crippen molar-refractivity contribution in [2.75, 3.05) is 26.7 Å². The predicted molar refractivity (Wildman–Crippen MR) is 81.8 cm³/mol. The molecule has 6 heteroatoms. The van der Waals surface area contributed by atoms with Crippen LogP contribution in [0.2, 0.25) is 0 Å². The van der Waals surface area contributed by atoms with Crippen molar-refractivity contribution in [3.63, 3.8) is 0 Å². The zero-order chi connectivity index (χ0) is 13.9. The Kier molecular flexibility index (Phi) is 4.03. The van der Waals surface area contributed by atoms with Crippen LogP contribution in [0.4, 0.5) is 0 Å². The lowest BCUT2D eigenvalue weighted by molar-refractivity contribution is 0.325. The second kappa shape index (κ2) is 5.93. The smallest absolute Gasteiger partial charge is 0.215 e. The van der Waals surface area contributed by atoms with Gasteiger partial charge in [0.15, 0.2) is 10.4 Å². The fraction of sp³-hybridized carbons (Fsp3) is 0.571. The summed E-state index contributed by atoms with van der Waals surface area (Å²) >= 11 is 5.39. The second-order valence-electron chi connectivity index (χ2n) is 5.21. The van der Waals surface area contributed by atoms with Gasteiger partial charge in [0, 0.05) is 12.6 Å². The molecular formula is C14H20N4OS. The van der Waals surface area contributed by atoms with E-state index in [4.69, 9.17) is 17.0 Å². The summed E-state index contributed by atoms with van der Waals surface area (Å²) in [5.74, 6) is 0.625. The summed E-state index contributed by atoms with van der Waals surface area (Å²) in [4.78, 5) is 10.2. The first-order chi connectivity index (χ1) is 9.78. The van der Waals surface area contributed by atoms with Gasteiger partial charge in [0.2, 0.25) is 5.88 Å². The van der Waals surface area contributed by atoms with Crippen LogP contribution in [-0.4, -0.2) is 46.2 Å². The van der Waals surface area contributed by atoms with E-state index in [2.05, 4.69) is 19.4 Å². The van der Waals surface area contributed by atoms with Crippen LogP contribution in [0, 0.1) is 4.77 Å². The first-order valence-electron chi connectivity index (χ1n) is 7.14. The summed E-state index contributed by atoms with van der Waals surface area (Å²) in [6.07, 6.45) is 3.77. The number of nitrogens with zero attached hydrogens (tertiary/aromatic N) is 3. The van der Waals surface area contributed by atoms with Crippen molar-refractivity contribution in [1.29, 1.82) is 0 Å². The normalized spacial score (nSPS) is 16.1. The molecule has 1 N–H and O–H groups in total. The molecular weight excluding hydrogens is 272 g/mol. The Balaban J connectivity index is 1.75. The maximum Gasteiger partial charge on any atom is 0.215 e. The van der Waals surface area contributed by atoms with E-state index in [0.717, 1.165) is 35.4 Å². The summed E-state index contributed by atoms with van der Waals surface area (Å²) in [5.41, 5.74) is 1.85. The molecule has 0 aliphatic carbocycles. The van der Waals surface area contributed by atoms with Gasteiger partial charge in [-0.3, -0.25) is 0 Å². The number of aromatic nitrogens is 3. The third kappa shape index (κ3) is 2.71. The van der Waals surface area contributed by atoms with E-state index in [1.165, 1.54) is 25.9 Å². The first kappa shape index (κ1) is 13.6. The molecule has 0 radical (unpaired) electrons. The highest BCUT2D eigenvalue weighted by atomic mass is 32.1. The number of aryl methyl sites for hydroxylation is 1. The van der Waals surface area contributed by atoms with Gasteiger partial charge in [0.05, 0.1) is 12.6 Å². The SMILES string of the molecule is COc1ccc2[nH]c(=S)n(CCCN3CCCC3)c2n1. The molecule has 2 aromatic rings. The maximum atomic E-state index is 5.39. The number of fused-ring (bicyclic) bond motifs is 1. The van der Waals surface area contributed by atoms with E-state index >= 15 is 0 Å². The van der Waals surface area contributed by atoms with Gasteiger partial charge >= 0.3 is 0 Å². The summed E-state index contributed by atoms with van der Waals surface area (Å²) in [6, 6.07) is 3.82. The molecule has 0 aromatic carbocycles. The lowest BCUT2D eigenvalue weighted by Gasteiger charge is -2.14. The number of pyridine rings is 1. The van der Waals surface area contributed by atoms with E-state index in [1.807, 2.05) is 12.1 Å². The van der Waals surface area contributed by atoms with Crippen molar-refractivity contribution < 1.29 is 4.74 Å². The van der Waals surface area contributed by atoms with Crippen molar-refractivity contribution in [3.05, 3.63) is 16.9 Å². The summed E-state index contributed by atoms with van der Waals surface area (Å²) in [5, 5.41) is 0. The lowest BCUT2D eigenvalue weighted by Crippen LogP contribution is -2.21.